The van der Waals surface area contributed by atoms with Gasteiger partial charge in [-0.25, -0.2) is 4.98 Å². The minimum Gasteiger partial charge on any atom is -0.354 e. The zero-order chi connectivity index (χ0) is 15.8. The molecule has 0 bridgehead atoms. The second-order valence-corrected chi connectivity index (χ2v) is 5.69. The van der Waals surface area contributed by atoms with Crippen molar-refractivity contribution in [3.63, 3.8) is 0 Å². The summed E-state index contributed by atoms with van der Waals surface area (Å²) in [4.78, 5) is 19.4. The lowest BCUT2D eigenvalue weighted by molar-refractivity contribution is -0.124. The Bertz CT molecular complexity index is 551. The van der Waals surface area contributed by atoms with Crippen molar-refractivity contribution in [1.29, 1.82) is 0 Å². The third-order valence-electron chi connectivity index (χ3n) is 3.55. The van der Waals surface area contributed by atoms with E-state index in [9.17, 15) is 4.79 Å². The molecular formula is C17H24N4O. The van der Waals surface area contributed by atoms with E-state index in [1.807, 2.05) is 24.4 Å². The van der Waals surface area contributed by atoms with Crippen LogP contribution in [0.5, 0.6) is 0 Å². The van der Waals surface area contributed by atoms with E-state index in [0.29, 0.717) is 13.1 Å². The topological polar surface area (TPSA) is 69.8 Å². The maximum absolute atomic E-state index is 12.3. The van der Waals surface area contributed by atoms with Gasteiger partial charge in [-0.05, 0) is 11.5 Å². The largest absolute Gasteiger partial charge is 0.354 e. The number of H-pyrrole nitrogens is 1. The minimum absolute atomic E-state index is 0.0430. The van der Waals surface area contributed by atoms with E-state index in [2.05, 4.69) is 46.6 Å². The van der Waals surface area contributed by atoms with E-state index in [4.69, 9.17) is 0 Å². The average Bonchev–Trinajstić information content (AvgIpc) is 3.01. The highest BCUT2D eigenvalue weighted by molar-refractivity contribution is 5.82. The lowest BCUT2D eigenvalue weighted by atomic mass is 10.0. The fourth-order valence-corrected chi connectivity index (χ4v) is 2.31. The molecule has 1 amide bonds. The molecule has 1 unspecified atom stereocenters. The molecule has 1 atom stereocenters. The van der Waals surface area contributed by atoms with E-state index < -0.39 is 0 Å². The van der Waals surface area contributed by atoms with Crippen molar-refractivity contribution in [3.05, 3.63) is 54.1 Å². The molecule has 0 radical (unpaired) electrons. The van der Waals surface area contributed by atoms with Crippen LogP contribution >= 0.6 is 0 Å². The van der Waals surface area contributed by atoms with Gasteiger partial charge in [0.2, 0.25) is 5.91 Å². The van der Waals surface area contributed by atoms with E-state index >= 15 is 0 Å². The van der Waals surface area contributed by atoms with Gasteiger partial charge in [0.15, 0.2) is 0 Å². The molecule has 1 heterocycles. The zero-order valence-corrected chi connectivity index (χ0v) is 13.2. The Morgan fingerprint density at radius 3 is 2.68 bits per heavy atom. The molecule has 0 fully saturated rings. The fourth-order valence-electron chi connectivity index (χ4n) is 2.31. The second kappa shape index (κ2) is 8.34. The van der Waals surface area contributed by atoms with Crippen molar-refractivity contribution in [2.75, 3.05) is 6.54 Å². The summed E-state index contributed by atoms with van der Waals surface area (Å²) in [5, 5.41) is 6.33. The van der Waals surface area contributed by atoms with E-state index in [1.54, 1.807) is 6.33 Å². The molecule has 0 aliphatic carbocycles. The van der Waals surface area contributed by atoms with Crippen LogP contribution in [0.25, 0.3) is 0 Å². The van der Waals surface area contributed by atoms with Gasteiger partial charge in [-0.1, -0.05) is 44.2 Å². The first-order valence-electron chi connectivity index (χ1n) is 7.69. The normalized spacial score (nSPS) is 12.3. The Morgan fingerprint density at radius 1 is 1.27 bits per heavy atom. The first-order valence-corrected chi connectivity index (χ1v) is 7.69. The number of rotatable bonds is 8. The van der Waals surface area contributed by atoms with Crippen molar-refractivity contribution in [1.82, 2.24) is 20.6 Å². The van der Waals surface area contributed by atoms with Crippen LogP contribution in [0, 0.1) is 5.92 Å². The van der Waals surface area contributed by atoms with Gasteiger partial charge in [0.25, 0.3) is 0 Å². The Morgan fingerprint density at radius 2 is 2.05 bits per heavy atom. The van der Waals surface area contributed by atoms with Gasteiger partial charge in [-0.3, -0.25) is 4.79 Å². The highest BCUT2D eigenvalue weighted by Crippen LogP contribution is 2.05. The SMILES string of the molecule is CC(C)C(NCc1ccccc1)C(=O)NCCc1c[nH]cn1. The highest BCUT2D eigenvalue weighted by atomic mass is 16.2. The molecule has 22 heavy (non-hydrogen) atoms. The average molecular weight is 300 g/mol. The first kappa shape index (κ1) is 16.2. The summed E-state index contributed by atoms with van der Waals surface area (Å²) in [6.45, 7) is 5.39. The molecule has 2 aromatic rings. The number of nitrogens with zero attached hydrogens (tertiary/aromatic N) is 1. The monoisotopic (exact) mass is 300 g/mol. The molecule has 0 saturated carbocycles. The third kappa shape index (κ3) is 5.00. The van der Waals surface area contributed by atoms with Gasteiger partial charge in [-0.2, -0.15) is 0 Å². The Balaban J connectivity index is 1.80. The van der Waals surface area contributed by atoms with Gasteiger partial charge in [-0.15, -0.1) is 0 Å². The fraction of sp³-hybridized carbons (Fsp3) is 0.412. The van der Waals surface area contributed by atoms with Crippen molar-refractivity contribution >= 4 is 5.91 Å². The number of imidazole rings is 1. The lowest BCUT2D eigenvalue weighted by Gasteiger charge is -2.21. The van der Waals surface area contributed by atoms with Crippen LogP contribution < -0.4 is 10.6 Å². The maximum atomic E-state index is 12.3. The molecule has 1 aromatic heterocycles. The minimum atomic E-state index is -0.195. The van der Waals surface area contributed by atoms with E-state index in [1.165, 1.54) is 5.56 Å². The number of aromatic amines is 1. The summed E-state index contributed by atoms with van der Waals surface area (Å²) >= 11 is 0. The number of carbonyl (C=O) groups excluding carboxylic acids is 1. The van der Waals surface area contributed by atoms with Gasteiger partial charge in [0.05, 0.1) is 18.1 Å². The predicted molar refractivity (Wildman–Crippen MR) is 87.2 cm³/mol. The van der Waals surface area contributed by atoms with Crippen molar-refractivity contribution in [2.24, 2.45) is 5.92 Å². The number of hydrogen-bond donors (Lipinski definition) is 3. The highest BCUT2D eigenvalue weighted by Gasteiger charge is 2.21. The molecule has 1 aromatic carbocycles. The standard InChI is InChI=1S/C17H24N4O/c1-13(2)16(20-10-14-6-4-3-5-7-14)17(22)19-9-8-15-11-18-12-21-15/h3-7,11-13,16,20H,8-10H2,1-2H3,(H,18,21)(H,19,22). The molecule has 0 aliphatic rings. The summed E-state index contributed by atoms with van der Waals surface area (Å²) in [6.07, 6.45) is 4.23. The number of amides is 1. The second-order valence-electron chi connectivity index (χ2n) is 5.69. The first-order chi connectivity index (χ1) is 10.7. The Hall–Kier alpha value is -2.14. The maximum Gasteiger partial charge on any atom is 0.237 e. The van der Waals surface area contributed by atoms with Gasteiger partial charge in [0, 0.05) is 25.7 Å². The number of hydrogen-bond acceptors (Lipinski definition) is 3. The van der Waals surface area contributed by atoms with Gasteiger partial charge in [0.1, 0.15) is 0 Å². The van der Waals surface area contributed by atoms with Gasteiger partial charge < -0.3 is 15.6 Å². The van der Waals surface area contributed by atoms with Crippen LogP contribution in [-0.4, -0.2) is 28.5 Å². The molecule has 118 valence electrons. The summed E-state index contributed by atoms with van der Waals surface area (Å²) in [5.41, 5.74) is 2.14. The summed E-state index contributed by atoms with van der Waals surface area (Å²) in [5.74, 6) is 0.274. The Labute approximate surface area is 131 Å². The number of nitrogens with one attached hydrogen (secondary N) is 3. The van der Waals surface area contributed by atoms with E-state index in [-0.39, 0.29) is 17.9 Å². The van der Waals surface area contributed by atoms with E-state index in [0.717, 1.165) is 12.1 Å². The van der Waals surface area contributed by atoms with Crippen molar-refractivity contribution < 1.29 is 4.79 Å². The van der Waals surface area contributed by atoms with Crippen LogP contribution in [0.2, 0.25) is 0 Å². The van der Waals surface area contributed by atoms with Crippen molar-refractivity contribution in [3.8, 4) is 0 Å². The molecule has 5 nitrogen and oxygen atoms in total. The van der Waals surface area contributed by atoms with Crippen LogP contribution in [-0.2, 0) is 17.8 Å². The van der Waals surface area contributed by atoms with Crippen LogP contribution in [0.15, 0.2) is 42.9 Å². The third-order valence-corrected chi connectivity index (χ3v) is 3.55. The molecule has 5 heteroatoms. The summed E-state index contributed by atoms with van der Waals surface area (Å²) < 4.78 is 0. The molecule has 2 rings (SSSR count). The van der Waals surface area contributed by atoms with Crippen molar-refractivity contribution in [2.45, 2.75) is 32.9 Å². The molecular weight excluding hydrogens is 276 g/mol. The summed E-state index contributed by atoms with van der Waals surface area (Å²) in [7, 11) is 0. The predicted octanol–water partition coefficient (Wildman–Crippen LogP) is 1.88. The molecule has 3 N–H and O–H groups in total. The molecule has 0 spiro atoms. The van der Waals surface area contributed by atoms with Crippen LogP contribution in [0.1, 0.15) is 25.1 Å². The van der Waals surface area contributed by atoms with Crippen LogP contribution in [0.4, 0.5) is 0 Å². The Kier molecular flexibility index (Phi) is 6.15. The number of aromatic nitrogens is 2. The summed E-state index contributed by atoms with van der Waals surface area (Å²) in [6, 6.07) is 9.92. The van der Waals surface area contributed by atoms with Crippen LogP contribution in [0.3, 0.4) is 0 Å². The number of benzene rings is 1. The smallest absolute Gasteiger partial charge is 0.237 e. The zero-order valence-electron chi connectivity index (χ0n) is 13.2. The quantitative estimate of drug-likeness (QED) is 0.697. The molecule has 0 aliphatic heterocycles. The number of carbonyl (C=O) groups is 1. The lowest BCUT2D eigenvalue weighted by Crippen LogP contribution is -2.47. The van der Waals surface area contributed by atoms with Gasteiger partial charge >= 0.3 is 0 Å². The molecule has 0 saturated heterocycles.